The van der Waals surface area contributed by atoms with Crippen LogP contribution in [0.25, 0.3) is 0 Å². The van der Waals surface area contributed by atoms with Gasteiger partial charge in [-0.15, -0.1) is 4.20 Å². The van der Waals surface area contributed by atoms with Gasteiger partial charge in [-0.25, -0.2) is 0 Å². The summed E-state index contributed by atoms with van der Waals surface area (Å²) in [5.41, 5.74) is 1.35. The number of carbonyl (C=O) groups is 1. The maximum Gasteiger partial charge on any atom is 1.00 e. The van der Waals surface area contributed by atoms with E-state index in [1.807, 2.05) is 0 Å². The Kier molecular flexibility index (Phi) is 6.48. The second-order valence-electron chi connectivity index (χ2n) is 2.52. The molecule has 1 rings (SSSR count). The molecule has 14 heavy (non-hydrogen) atoms. The molecule has 0 heterocycles. The summed E-state index contributed by atoms with van der Waals surface area (Å²) in [5.74, 6) is -0.876. The minimum atomic E-state index is -0.876. The van der Waals surface area contributed by atoms with E-state index in [4.69, 9.17) is 30.0 Å². The second-order valence-corrected chi connectivity index (χ2v) is 3.59. The standard InChI is InChI=1S/C9H8O2S2.Na/c10-8(11)5-6-3-1-2-4-7(6)9(12)13;/h1-4H,5H2,(H,10,11)(H,12,13);/q;+1/p-1. The third kappa shape index (κ3) is 4.02. The largest absolute Gasteiger partial charge is 1.00 e. The molecule has 68 valence electrons. The van der Waals surface area contributed by atoms with Crippen LogP contribution in [0.3, 0.4) is 0 Å². The minimum Gasteiger partial charge on any atom is -0.481 e. The molecule has 1 N–H and O–H groups in total. The number of benzene rings is 1. The average Bonchev–Trinajstić information content (AvgIpc) is 2.03. The predicted octanol–water partition coefficient (Wildman–Crippen LogP) is -1.46. The summed E-state index contributed by atoms with van der Waals surface area (Å²) in [4.78, 5) is 10.5. The molecule has 5 heteroatoms. The van der Waals surface area contributed by atoms with Gasteiger partial charge in [-0.3, -0.25) is 4.79 Å². The van der Waals surface area contributed by atoms with Crippen molar-refractivity contribution in [2.75, 3.05) is 0 Å². The molecular weight excluding hydrogens is 227 g/mol. The second kappa shape index (κ2) is 6.48. The number of rotatable bonds is 3. The van der Waals surface area contributed by atoms with Crippen LogP contribution in [-0.2, 0) is 23.8 Å². The van der Waals surface area contributed by atoms with Crippen molar-refractivity contribution < 1.29 is 39.5 Å². The molecule has 0 aliphatic heterocycles. The molecule has 1 aromatic carbocycles. The molecule has 0 saturated carbocycles. The fraction of sp³-hybridized carbons (Fsp3) is 0.111. The van der Waals surface area contributed by atoms with E-state index < -0.39 is 5.97 Å². The maximum atomic E-state index is 10.5. The number of hydrogen-bond acceptors (Lipinski definition) is 3. The first-order valence-corrected chi connectivity index (χ1v) is 4.44. The Morgan fingerprint density at radius 1 is 1.43 bits per heavy atom. The molecular formula is C9H7NaO2S2. The first-order valence-electron chi connectivity index (χ1n) is 3.62. The van der Waals surface area contributed by atoms with Crippen molar-refractivity contribution in [2.24, 2.45) is 0 Å². The summed E-state index contributed by atoms with van der Waals surface area (Å²) >= 11 is 9.65. The zero-order valence-electron chi connectivity index (χ0n) is 7.69. The Hall–Kier alpha value is 0. The smallest absolute Gasteiger partial charge is 0.481 e. The fourth-order valence-electron chi connectivity index (χ4n) is 1.04. The molecule has 1 aromatic rings. The quantitative estimate of drug-likeness (QED) is 0.394. The monoisotopic (exact) mass is 234 g/mol. The van der Waals surface area contributed by atoms with Crippen LogP contribution in [0, 0.1) is 0 Å². The van der Waals surface area contributed by atoms with Crippen molar-refractivity contribution in [3.05, 3.63) is 35.4 Å². The summed E-state index contributed by atoms with van der Waals surface area (Å²) in [6.07, 6.45) is -0.0348. The number of carboxylic acids is 1. The maximum absolute atomic E-state index is 10.5. The molecule has 0 atom stereocenters. The van der Waals surface area contributed by atoms with E-state index in [1.54, 1.807) is 24.3 Å². The van der Waals surface area contributed by atoms with Gasteiger partial charge in [0.1, 0.15) is 0 Å². The normalized spacial score (nSPS) is 8.86. The van der Waals surface area contributed by atoms with Gasteiger partial charge in [-0.05, 0) is 11.1 Å². The molecule has 0 aliphatic rings. The first-order chi connectivity index (χ1) is 6.11. The Balaban J connectivity index is 0.00000169. The third-order valence-corrected chi connectivity index (χ3v) is 2.02. The summed E-state index contributed by atoms with van der Waals surface area (Å²) in [6.45, 7) is 0. The summed E-state index contributed by atoms with van der Waals surface area (Å²) in [6, 6.07) is 7.03. The molecule has 2 nitrogen and oxygen atoms in total. The van der Waals surface area contributed by atoms with Gasteiger partial charge in [0.2, 0.25) is 0 Å². The van der Waals surface area contributed by atoms with Crippen LogP contribution in [0.5, 0.6) is 0 Å². The Morgan fingerprint density at radius 3 is 2.50 bits per heavy atom. The molecule has 0 aromatic heterocycles. The van der Waals surface area contributed by atoms with Crippen molar-refractivity contribution in [1.82, 2.24) is 0 Å². The van der Waals surface area contributed by atoms with Crippen LogP contribution in [-0.4, -0.2) is 15.3 Å². The van der Waals surface area contributed by atoms with Gasteiger partial charge in [0.15, 0.2) is 0 Å². The minimum absolute atomic E-state index is 0. The number of thiocarbonyl (C=S) groups is 1. The Labute approximate surface area is 115 Å². The number of hydrogen-bond donors (Lipinski definition) is 1. The molecule has 0 radical (unpaired) electrons. The van der Waals surface area contributed by atoms with Crippen LogP contribution in [0.15, 0.2) is 24.3 Å². The van der Waals surface area contributed by atoms with Gasteiger partial charge in [0, 0.05) is 0 Å². The Bertz CT molecular complexity index is 352. The van der Waals surface area contributed by atoms with E-state index in [9.17, 15) is 4.79 Å². The van der Waals surface area contributed by atoms with E-state index >= 15 is 0 Å². The molecule has 0 saturated heterocycles. The van der Waals surface area contributed by atoms with E-state index in [0.29, 0.717) is 15.3 Å². The van der Waals surface area contributed by atoms with Crippen molar-refractivity contribution in [1.29, 1.82) is 0 Å². The molecule has 0 amide bonds. The molecule has 0 spiro atoms. The molecule has 0 unspecified atom stereocenters. The van der Waals surface area contributed by atoms with Gasteiger partial charge < -0.3 is 30.0 Å². The zero-order valence-corrected chi connectivity index (χ0v) is 11.3. The summed E-state index contributed by atoms with van der Waals surface area (Å²) < 4.78 is 0.317. The van der Waals surface area contributed by atoms with E-state index in [0.717, 1.165) is 0 Å². The first kappa shape index (κ1) is 14.0. The summed E-state index contributed by atoms with van der Waals surface area (Å²) in [7, 11) is 0. The Morgan fingerprint density at radius 2 is 2.00 bits per heavy atom. The zero-order chi connectivity index (χ0) is 9.84. The van der Waals surface area contributed by atoms with Crippen molar-refractivity contribution >= 4 is 35.0 Å². The topological polar surface area (TPSA) is 37.3 Å². The van der Waals surface area contributed by atoms with Crippen LogP contribution in [0.2, 0.25) is 0 Å². The molecule has 0 bridgehead atoms. The predicted molar refractivity (Wildman–Crippen MR) is 56.8 cm³/mol. The van der Waals surface area contributed by atoms with Gasteiger partial charge in [-0.1, -0.05) is 24.3 Å². The number of aliphatic carboxylic acids is 1. The van der Waals surface area contributed by atoms with Gasteiger partial charge in [0.25, 0.3) is 0 Å². The van der Waals surface area contributed by atoms with Crippen molar-refractivity contribution in [3.63, 3.8) is 0 Å². The average molecular weight is 234 g/mol. The number of carboxylic acid groups (broad SMARTS) is 1. The van der Waals surface area contributed by atoms with Gasteiger partial charge in [0.05, 0.1) is 6.42 Å². The van der Waals surface area contributed by atoms with Crippen LogP contribution in [0.4, 0.5) is 0 Å². The van der Waals surface area contributed by atoms with Crippen LogP contribution >= 0.6 is 12.2 Å². The molecule has 0 fully saturated rings. The van der Waals surface area contributed by atoms with Gasteiger partial charge in [-0.2, -0.15) is 0 Å². The SMILES string of the molecule is O=C(O)Cc1ccccc1C(=S)[S-].[Na+]. The van der Waals surface area contributed by atoms with Crippen molar-refractivity contribution in [2.45, 2.75) is 6.42 Å². The fourth-order valence-corrected chi connectivity index (χ4v) is 1.43. The third-order valence-electron chi connectivity index (χ3n) is 1.58. The van der Waals surface area contributed by atoms with Gasteiger partial charge >= 0.3 is 35.5 Å². The van der Waals surface area contributed by atoms with Crippen LogP contribution < -0.4 is 29.6 Å². The van der Waals surface area contributed by atoms with Crippen molar-refractivity contribution in [3.8, 4) is 0 Å². The molecule has 0 aliphatic carbocycles. The van der Waals surface area contributed by atoms with E-state index in [1.165, 1.54) is 0 Å². The van der Waals surface area contributed by atoms with E-state index in [2.05, 4.69) is 0 Å². The van der Waals surface area contributed by atoms with E-state index in [-0.39, 0.29) is 36.0 Å². The summed E-state index contributed by atoms with van der Waals surface area (Å²) in [5, 5.41) is 8.60. The van der Waals surface area contributed by atoms with Crippen LogP contribution in [0.1, 0.15) is 11.1 Å².